The molecule has 4 amide bonds. The van der Waals surface area contributed by atoms with Crippen molar-refractivity contribution in [1.29, 1.82) is 0 Å². The van der Waals surface area contributed by atoms with E-state index < -0.39 is 11.8 Å². The lowest BCUT2D eigenvalue weighted by Crippen LogP contribution is -2.60. The number of aliphatic imine (C=N–C) groups is 1. The molecule has 2 unspecified atom stereocenters. The molecule has 0 spiro atoms. The quantitative estimate of drug-likeness (QED) is 0.802. The molecule has 2 fully saturated rings. The summed E-state index contributed by atoms with van der Waals surface area (Å²) in [7, 11) is 0. The first-order valence-corrected chi connectivity index (χ1v) is 9.88. The van der Waals surface area contributed by atoms with Gasteiger partial charge in [0.2, 0.25) is 0 Å². The average Bonchev–Trinajstić information content (AvgIpc) is 2.73. The van der Waals surface area contributed by atoms with Crippen molar-refractivity contribution < 1.29 is 14.0 Å². The highest BCUT2D eigenvalue weighted by Gasteiger charge is 2.40. The minimum atomic E-state index is -0.679. The maximum atomic E-state index is 13.9. The Balaban J connectivity index is 1.63. The number of amides is 4. The van der Waals surface area contributed by atoms with E-state index in [4.69, 9.17) is 0 Å². The zero-order valence-corrected chi connectivity index (χ0v) is 16.0. The predicted molar refractivity (Wildman–Crippen MR) is 109 cm³/mol. The number of fused-ring (bicyclic) bond motifs is 1. The second-order valence-corrected chi connectivity index (χ2v) is 7.40. The number of hydrogen-bond acceptors (Lipinski definition) is 2. The van der Waals surface area contributed by atoms with Crippen LogP contribution < -0.4 is 10.6 Å². The van der Waals surface area contributed by atoms with Gasteiger partial charge in [0.05, 0.1) is 12.2 Å². The molecule has 2 aromatic carbocycles. The van der Waals surface area contributed by atoms with Gasteiger partial charge < -0.3 is 10.6 Å². The maximum absolute atomic E-state index is 13.9. The number of halogens is 1. The zero-order valence-electron chi connectivity index (χ0n) is 16.0. The maximum Gasteiger partial charge on any atom is 0.347 e. The molecule has 0 aromatic heterocycles. The molecule has 2 aliphatic rings. The number of nitrogens with zero attached hydrogens (tertiary/aromatic N) is 2. The van der Waals surface area contributed by atoms with Crippen LogP contribution in [0.5, 0.6) is 0 Å². The molecule has 1 saturated heterocycles. The number of anilines is 1. The van der Waals surface area contributed by atoms with Crippen LogP contribution >= 0.6 is 0 Å². The third-order valence-electron chi connectivity index (χ3n) is 5.44. The third-order valence-corrected chi connectivity index (χ3v) is 5.44. The van der Waals surface area contributed by atoms with E-state index in [-0.39, 0.29) is 23.7 Å². The van der Waals surface area contributed by atoms with Crippen LogP contribution in [0.15, 0.2) is 59.6 Å². The van der Waals surface area contributed by atoms with Crippen LogP contribution in [-0.2, 0) is 6.54 Å². The Morgan fingerprint density at radius 2 is 1.83 bits per heavy atom. The minimum Gasteiger partial charge on any atom is -0.334 e. The Morgan fingerprint density at radius 3 is 2.62 bits per heavy atom. The van der Waals surface area contributed by atoms with Gasteiger partial charge in [-0.3, -0.25) is 4.90 Å². The minimum absolute atomic E-state index is 0.0247. The normalized spacial score (nSPS) is 22.7. The Kier molecular flexibility index (Phi) is 5.55. The van der Waals surface area contributed by atoms with Gasteiger partial charge in [0.25, 0.3) is 0 Å². The summed E-state index contributed by atoms with van der Waals surface area (Å²) in [5, 5.41) is 5.56. The highest BCUT2D eigenvalue weighted by molar-refractivity contribution is 6.08. The standard InChI is InChI=1S/C22H23FN4O2/c23-17-11-5-7-13-19(17)24-21(28)26-20-16-10-4-6-12-18(16)25-22(29)27(20)14-15-8-2-1-3-9-15/h1-3,5,7-9,11,13,16,18H,4,6,10,12,14H2,(H,24,28)(H,25,29)/b26-20+. The monoisotopic (exact) mass is 394 g/mol. The first-order chi connectivity index (χ1) is 14.1. The van der Waals surface area contributed by atoms with Gasteiger partial charge in [-0.05, 0) is 30.5 Å². The third kappa shape index (κ3) is 4.29. The second kappa shape index (κ2) is 8.43. The van der Waals surface area contributed by atoms with Gasteiger partial charge in [0.15, 0.2) is 0 Å². The van der Waals surface area contributed by atoms with Crippen molar-refractivity contribution in [3.05, 3.63) is 66.0 Å². The second-order valence-electron chi connectivity index (χ2n) is 7.40. The van der Waals surface area contributed by atoms with Crippen molar-refractivity contribution in [2.24, 2.45) is 10.9 Å². The Labute approximate surface area is 168 Å². The summed E-state index contributed by atoms with van der Waals surface area (Å²) in [6.45, 7) is 0.321. The van der Waals surface area contributed by atoms with Crippen LogP contribution in [0, 0.1) is 11.7 Å². The van der Waals surface area contributed by atoms with Gasteiger partial charge >= 0.3 is 12.1 Å². The molecular formula is C22H23FN4O2. The van der Waals surface area contributed by atoms with E-state index in [0.717, 1.165) is 31.2 Å². The van der Waals surface area contributed by atoms with Crippen molar-refractivity contribution >= 4 is 23.6 Å². The molecule has 2 atom stereocenters. The Morgan fingerprint density at radius 1 is 1.10 bits per heavy atom. The summed E-state index contributed by atoms with van der Waals surface area (Å²) in [6, 6.07) is 14.6. The molecule has 1 aliphatic carbocycles. The van der Waals surface area contributed by atoms with Crippen LogP contribution in [0.3, 0.4) is 0 Å². The van der Waals surface area contributed by atoms with Crippen molar-refractivity contribution in [3.8, 4) is 0 Å². The van der Waals surface area contributed by atoms with E-state index in [1.165, 1.54) is 17.0 Å². The lowest BCUT2D eigenvalue weighted by atomic mass is 9.82. The molecular weight excluding hydrogens is 371 g/mol. The Bertz CT molecular complexity index is 931. The van der Waals surface area contributed by atoms with Crippen molar-refractivity contribution in [3.63, 3.8) is 0 Å². The number of amidine groups is 1. The molecule has 29 heavy (non-hydrogen) atoms. The molecule has 1 saturated carbocycles. The molecule has 0 radical (unpaired) electrons. The number of urea groups is 2. The summed E-state index contributed by atoms with van der Waals surface area (Å²) < 4.78 is 13.9. The predicted octanol–water partition coefficient (Wildman–Crippen LogP) is 4.54. The largest absolute Gasteiger partial charge is 0.347 e. The van der Waals surface area contributed by atoms with Crippen molar-refractivity contribution in [2.75, 3.05) is 5.32 Å². The van der Waals surface area contributed by atoms with Crippen LogP contribution in [0.2, 0.25) is 0 Å². The average molecular weight is 394 g/mol. The molecule has 1 heterocycles. The molecule has 0 bridgehead atoms. The first-order valence-electron chi connectivity index (χ1n) is 9.88. The molecule has 6 nitrogen and oxygen atoms in total. The summed E-state index contributed by atoms with van der Waals surface area (Å²) >= 11 is 0. The number of benzene rings is 2. The van der Waals surface area contributed by atoms with Gasteiger partial charge in [0, 0.05) is 12.0 Å². The van der Waals surface area contributed by atoms with E-state index in [9.17, 15) is 14.0 Å². The molecule has 4 rings (SSSR count). The van der Waals surface area contributed by atoms with E-state index in [2.05, 4.69) is 15.6 Å². The highest BCUT2D eigenvalue weighted by Crippen LogP contribution is 2.31. The fourth-order valence-electron chi connectivity index (χ4n) is 4.03. The van der Waals surface area contributed by atoms with Gasteiger partial charge in [-0.2, -0.15) is 4.99 Å². The molecule has 1 aliphatic heterocycles. The van der Waals surface area contributed by atoms with Gasteiger partial charge in [-0.15, -0.1) is 0 Å². The van der Waals surface area contributed by atoms with Crippen molar-refractivity contribution in [1.82, 2.24) is 10.2 Å². The van der Waals surface area contributed by atoms with Crippen LogP contribution in [0.25, 0.3) is 0 Å². The lowest BCUT2D eigenvalue weighted by Gasteiger charge is -2.42. The molecule has 2 aromatic rings. The fourth-order valence-corrected chi connectivity index (χ4v) is 4.03. The number of para-hydroxylation sites is 1. The number of carbonyl (C=O) groups excluding carboxylic acids is 2. The smallest absolute Gasteiger partial charge is 0.334 e. The topological polar surface area (TPSA) is 73.8 Å². The number of rotatable bonds is 3. The highest BCUT2D eigenvalue weighted by atomic mass is 19.1. The van der Waals surface area contributed by atoms with Crippen LogP contribution in [0.4, 0.5) is 19.7 Å². The number of nitrogens with one attached hydrogen (secondary N) is 2. The van der Waals surface area contributed by atoms with Gasteiger partial charge in [0.1, 0.15) is 11.7 Å². The fraction of sp³-hybridized carbons (Fsp3) is 0.318. The Hall–Kier alpha value is -3.22. The first kappa shape index (κ1) is 19.1. The van der Waals surface area contributed by atoms with Gasteiger partial charge in [-0.25, -0.2) is 14.0 Å². The molecule has 2 N–H and O–H groups in total. The van der Waals surface area contributed by atoms with E-state index >= 15 is 0 Å². The van der Waals surface area contributed by atoms with E-state index in [1.54, 1.807) is 12.1 Å². The number of hydrogen-bond donors (Lipinski definition) is 2. The van der Waals surface area contributed by atoms with E-state index in [0.29, 0.717) is 12.4 Å². The van der Waals surface area contributed by atoms with Crippen LogP contribution in [-0.4, -0.2) is 28.8 Å². The SMILES string of the molecule is O=C(/N=C1\C2CCCCC2NC(=O)N1Cc1ccccc1)Nc1ccccc1F. The zero-order chi connectivity index (χ0) is 20.2. The molecule has 150 valence electrons. The summed E-state index contributed by atoms with van der Waals surface area (Å²) in [5.74, 6) is -0.105. The number of carbonyl (C=O) groups is 2. The molecule has 7 heteroatoms. The van der Waals surface area contributed by atoms with Gasteiger partial charge in [-0.1, -0.05) is 55.3 Å². The van der Waals surface area contributed by atoms with Crippen molar-refractivity contribution in [2.45, 2.75) is 38.3 Å². The summed E-state index contributed by atoms with van der Waals surface area (Å²) in [5.41, 5.74) is 1.01. The summed E-state index contributed by atoms with van der Waals surface area (Å²) in [4.78, 5) is 31.2. The van der Waals surface area contributed by atoms with E-state index in [1.807, 2.05) is 30.3 Å². The lowest BCUT2D eigenvalue weighted by molar-refractivity contribution is 0.187. The summed E-state index contributed by atoms with van der Waals surface area (Å²) in [6.07, 6.45) is 3.77. The van der Waals surface area contributed by atoms with Crippen LogP contribution in [0.1, 0.15) is 31.2 Å².